The van der Waals surface area contributed by atoms with Crippen molar-refractivity contribution in [2.75, 3.05) is 20.2 Å². The topological polar surface area (TPSA) is 96.5 Å². The third-order valence-electron chi connectivity index (χ3n) is 6.38. The van der Waals surface area contributed by atoms with Crippen LogP contribution in [0.25, 0.3) is 10.9 Å². The van der Waals surface area contributed by atoms with Gasteiger partial charge in [-0.1, -0.05) is 28.1 Å². The quantitative estimate of drug-likeness (QED) is 0.552. The summed E-state index contributed by atoms with van der Waals surface area (Å²) >= 11 is 3.54. The van der Waals surface area contributed by atoms with Crippen LogP contribution in [0.4, 0.5) is 4.79 Å². The molecule has 5 rings (SSSR count). The summed E-state index contributed by atoms with van der Waals surface area (Å²) in [5.41, 5.74) is 1.75. The Bertz CT molecular complexity index is 1190. The van der Waals surface area contributed by atoms with E-state index in [2.05, 4.69) is 31.4 Å². The number of amides is 2. The molecule has 1 atom stereocenters. The highest BCUT2D eigenvalue weighted by atomic mass is 79.9. The summed E-state index contributed by atoms with van der Waals surface area (Å²) in [7, 11) is 1.39. The molecular weight excluding hydrogens is 476 g/mol. The van der Waals surface area contributed by atoms with Crippen molar-refractivity contribution in [1.29, 1.82) is 0 Å². The number of rotatable bonds is 2. The van der Waals surface area contributed by atoms with Gasteiger partial charge in [-0.2, -0.15) is 5.10 Å². The SMILES string of the molecule is COC(=O)N1CCC2(CC1)CC(NC(=O)c1cccc3cn[nH]c13)c1cc(Br)ccc1O2. The largest absolute Gasteiger partial charge is 0.487 e. The zero-order valence-electron chi connectivity index (χ0n) is 17.6. The van der Waals surface area contributed by atoms with E-state index < -0.39 is 5.60 Å². The fraction of sp³-hybridized carbons (Fsp3) is 0.348. The fourth-order valence-corrected chi connectivity index (χ4v) is 5.08. The first-order valence-electron chi connectivity index (χ1n) is 10.5. The minimum absolute atomic E-state index is 0.167. The van der Waals surface area contributed by atoms with Crippen LogP contribution in [0.5, 0.6) is 5.75 Å². The third kappa shape index (κ3) is 3.70. The summed E-state index contributed by atoms with van der Waals surface area (Å²) in [6.45, 7) is 1.10. The number of halogens is 1. The number of fused-ring (bicyclic) bond motifs is 2. The average molecular weight is 499 g/mol. The number of carbonyl (C=O) groups is 2. The van der Waals surface area contributed by atoms with E-state index in [-0.39, 0.29) is 18.0 Å². The highest BCUT2D eigenvalue weighted by Gasteiger charge is 2.44. The van der Waals surface area contributed by atoms with Gasteiger partial charge in [-0.15, -0.1) is 0 Å². The van der Waals surface area contributed by atoms with Crippen LogP contribution in [-0.4, -0.2) is 52.9 Å². The monoisotopic (exact) mass is 498 g/mol. The molecule has 0 saturated carbocycles. The molecule has 2 N–H and O–H groups in total. The first-order valence-corrected chi connectivity index (χ1v) is 11.3. The second-order valence-electron chi connectivity index (χ2n) is 8.29. The molecule has 1 fully saturated rings. The molecular formula is C23H23BrN4O4. The summed E-state index contributed by atoms with van der Waals surface area (Å²) in [5, 5.41) is 11.1. The minimum Gasteiger partial charge on any atom is -0.487 e. The summed E-state index contributed by atoms with van der Waals surface area (Å²) in [6.07, 6.45) is 3.34. The molecule has 32 heavy (non-hydrogen) atoms. The first-order chi connectivity index (χ1) is 15.5. The molecule has 1 aromatic heterocycles. The lowest BCUT2D eigenvalue weighted by Crippen LogP contribution is -2.53. The molecule has 1 unspecified atom stereocenters. The third-order valence-corrected chi connectivity index (χ3v) is 6.88. The molecule has 2 amide bonds. The van der Waals surface area contributed by atoms with Crippen molar-refractivity contribution in [3.8, 4) is 5.75 Å². The van der Waals surface area contributed by atoms with Crippen LogP contribution in [0.3, 0.4) is 0 Å². The number of methoxy groups -OCH3 is 1. The van der Waals surface area contributed by atoms with Crippen molar-refractivity contribution in [3.63, 3.8) is 0 Å². The van der Waals surface area contributed by atoms with E-state index in [0.717, 1.165) is 21.2 Å². The van der Waals surface area contributed by atoms with Gasteiger partial charge in [0, 0.05) is 47.8 Å². The Morgan fingerprint density at radius 2 is 2.09 bits per heavy atom. The summed E-state index contributed by atoms with van der Waals surface area (Å²) in [5.74, 6) is 0.593. The highest BCUT2D eigenvalue weighted by molar-refractivity contribution is 9.10. The van der Waals surface area contributed by atoms with Gasteiger partial charge in [0.25, 0.3) is 5.91 Å². The number of H-pyrrole nitrogens is 1. The Hall–Kier alpha value is -3.07. The molecule has 0 radical (unpaired) electrons. The number of aromatic amines is 1. The van der Waals surface area contributed by atoms with Crippen molar-refractivity contribution in [2.45, 2.75) is 30.9 Å². The predicted molar refractivity (Wildman–Crippen MR) is 122 cm³/mol. The van der Waals surface area contributed by atoms with Gasteiger partial charge in [0.15, 0.2) is 0 Å². The Balaban J connectivity index is 1.43. The van der Waals surface area contributed by atoms with Gasteiger partial charge in [0.2, 0.25) is 0 Å². The van der Waals surface area contributed by atoms with Crippen molar-refractivity contribution < 1.29 is 19.1 Å². The van der Waals surface area contributed by atoms with Gasteiger partial charge in [0.05, 0.1) is 30.4 Å². The molecule has 8 nitrogen and oxygen atoms in total. The van der Waals surface area contributed by atoms with Crippen LogP contribution in [0, 0.1) is 0 Å². The molecule has 1 spiro atoms. The normalized spacial score (nSPS) is 19.3. The van der Waals surface area contributed by atoms with Gasteiger partial charge < -0.3 is 19.7 Å². The van der Waals surface area contributed by atoms with Crippen molar-refractivity contribution in [2.24, 2.45) is 0 Å². The van der Waals surface area contributed by atoms with E-state index in [1.807, 2.05) is 30.3 Å². The van der Waals surface area contributed by atoms with E-state index in [1.54, 1.807) is 17.2 Å². The number of benzene rings is 2. The molecule has 0 aliphatic carbocycles. The lowest BCUT2D eigenvalue weighted by Gasteiger charge is -2.46. The van der Waals surface area contributed by atoms with Crippen molar-refractivity contribution >= 4 is 38.8 Å². The summed E-state index contributed by atoms with van der Waals surface area (Å²) in [4.78, 5) is 26.9. The Morgan fingerprint density at radius 1 is 1.28 bits per heavy atom. The molecule has 9 heteroatoms. The number of piperidine rings is 1. The van der Waals surface area contributed by atoms with Crippen LogP contribution < -0.4 is 10.1 Å². The first kappa shape index (κ1) is 20.8. The molecule has 1 saturated heterocycles. The average Bonchev–Trinajstić information content (AvgIpc) is 3.28. The number of likely N-dealkylation sites (tertiary alicyclic amines) is 1. The number of aromatic nitrogens is 2. The number of nitrogens with zero attached hydrogens (tertiary/aromatic N) is 2. The van der Waals surface area contributed by atoms with Gasteiger partial charge >= 0.3 is 6.09 Å². The number of carbonyl (C=O) groups excluding carboxylic acids is 2. The second-order valence-corrected chi connectivity index (χ2v) is 9.21. The molecule has 0 bridgehead atoms. The van der Waals surface area contributed by atoms with Crippen molar-refractivity contribution in [1.82, 2.24) is 20.4 Å². The number of ether oxygens (including phenoxy) is 2. The van der Waals surface area contributed by atoms with Crippen LogP contribution in [-0.2, 0) is 4.74 Å². The molecule has 2 aliphatic heterocycles. The number of nitrogens with one attached hydrogen (secondary N) is 2. The zero-order chi connectivity index (χ0) is 22.3. The predicted octanol–water partition coefficient (Wildman–Crippen LogP) is 4.18. The zero-order valence-corrected chi connectivity index (χ0v) is 19.1. The lowest BCUT2D eigenvalue weighted by molar-refractivity contribution is -0.0221. The number of hydrogen-bond acceptors (Lipinski definition) is 5. The van der Waals surface area contributed by atoms with E-state index in [0.29, 0.717) is 43.4 Å². The summed E-state index contributed by atoms with van der Waals surface area (Å²) < 4.78 is 12.3. The minimum atomic E-state index is -0.455. The maximum atomic E-state index is 13.3. The van der Waals surface area contributed by atoms with Gasteiger partial charge in [0.1, 0.15) is 11.4 Å². The molecule has 3 aromatic rings. The number of hydrogen-bond donors (Lipinski definition) is 2. The Labute approximate surface area is 193 Å². The maximum absolute atomic E-state index is 13.3. The van der Waals surface area contributed by atoms with Crippen LogP contribution in [0.15, 0.2) is 47.1 Å². The molecule has 166 valence electrons. The van der Waals surface area contributed by atoms with E-state index in [1.165, 1.54) is 7.11 Å². The van der Waals surface area contributed by atoms with Gasteiger partial charge in [-0.25, -0.2) is 4.79 Å². The summed E-state index contributed by atoms with van der Waals surface area (Å²) in [6, 6.07) is 11.2. The molecule has 3 heterocycles. The van der Waals surface area contributed by atoms with E-state index in [4.69, 9.17) is 9.47 Å². The number of para-hydroxylation sites is 1. The highest BCUT2D eigenvalue weighted by Crippen LogP contribution is 2.45. The van der Waals surface area contributed by atoms with E-state index in [9.17, 15) is 9.59 Å². The smallest absolute Gasteiger partial charge is 0.409 e. The van der Waals surface area contributed by atoms with Gasteiger partial charge in [-0.3, -0.25) is 9.89 Å². The molecule has 2 aliphatic rings. The second kappa shape index (κ2) is 8.12. The molecule has 2 aromatic carbocycles. The van der Waals surface area contributed by atoms with Crippen LogP contribution in [0.1, 0.15) is 41.2 Å². The van der Waals surface area contributed by atoms with Crippen molar-refractivity contribution in [3.05, 3.63) is 58.2 Å². The Kier molecular flexibility index (Phi) is 5.28. The standard InChI is InChI=1S/C23H23BrN4O4/c1-31-22(30)28-9-7-23(8-10-28)12-18(17-11-15(24)5-6-19(17)32-23)26-21(29)16-4-2-3-14-13-25-27-20(14)16/h2-6,11,13,18H,7-10,12H2,1H3,(H,25,27)(H,26,29). The lowest BCUT2D eigenvalue weighted by atomic mass is 9.80. The van der Waals surface area contributed by atoms with E-state index >= 15 is 0 Å². The van der Waals surface area contributed by atoms with Crippen LogP contribution >= 0.6 is 15.9 Å². The Morgan fingerprint density at radius 3 is 2.88 bits per heavy atom. The fourth-order valence-electron chi connectivity index (χ4n) is 4.70. The van der Waals surface area contributed by atoms with Gasteiger partial charge in [-0.05, 0) is 24.3 Å². The maximum Gasteiger partial charge on any atom is 0.409 e. The van der Waals surface area contributed by atoms with Crippen LogP contribution in [0.2, 0.25) is 0 Å².